The number of hydrogen-bond donors (Lipinski definition) is 4. The van der Waals surface area contributed by atoms with Crippen molar-refractivity contribution in [1.82, 2.24) is 45.9 Å². The van der Waals surface area contributed by atoms with E-state index in [1.54, 1.807) is 37.4 Å². The molecule has 2 aliphatic rings. The maximum atomic E-state index is 13.4. The Morgan fingerprint density at radius 3 is 2.71 bits per heavy atom. The zero-order valence-electron chi connectivity index (χ0n) is 21.0. The number of aryl methyl sites for hydroxylation is 1. The molecule has 2 aromatic heterocycles. The zero-order chi connectivity index (χ0) is 29.3. The molecule has 3 atom stereocenters. The minimum absolute atomic E-state index is 0.127. The van der Waals surface area contributed by atoms with E-state index in [9.17, 15) is 29.1 Å². The minimum Gasteiger partial charge on any atom is -0.477 e. The van der Waals surface area contributed by atoms with Gasteiger partial charge in [0.15, 0.2) is 0 Å². The van der Waals surface area contributed by atoms with Gasteiger partial charge in [0.1, 0.15) is 33.9 Å². The van der Waals surface area contributed by atoms with E-state index in [-0.39, 0.29) is 22.2 Å². The molecule has 2 aliphatic heterocycles. The van der Waals surface area contributed by atoms with Gasteiger partial charge in [-0.3, -0.25) is 24.1 Å². The molecular weight excluding hydrogens is 598 g/mol. The highest BCUT2D eigenvalue weighted by atomic mass is 35.5. The summed E-state index contributed by atoms with van der Waals surface area (Å²) in [5, 5.41) is 31.5. The van der Waals surface area contributed by atoms with Crippen molar-refractivity contribution in [3.63, 3.8) is 0 Å². The normalized spacial score (nSPS) is 18.8. The average molecular weight is 618 g/mol. The molecule has 0 aliphatic carbocycles. The number of carbonyl (C=O) groups is 4. The number of hydrogen-bond acceptors (Lipinski definition) is 11. The molecule has 1 unspecified atom stereocenters. The number of carbonyl (C=O) groups excluding carboxylic acids is 3. The van der Waals surface area contributed by atoms with Crippen LogP contribution in [0, 0.1) is 0 Å². The quantitative estimate of drug-likeness (QED) is 0.184. The summed E-state index contributed by atoms with van der Waals surface area (Å²) in [6.45, 7) is 0. The smallest absolute Gasteiger partial charge is 0.352 e. The van der Waals surface area contributed by atoms with Crippen molar-refractivity contribution in [2.24, 2.45) is 7.05 Å². The molecule has 0 bridgehead atoms. The second-order valence-electron chi connectivity index (χ2n) is 8.78. The van der Waals surface area contributed by atoms with Crippen LogP contribution >= 0.6 is 35.1 Å². The van der Waals surface area contributed by atoms with E-state index in [1.165, 1.54) is 28.2 Å². The Morgan fingerprint density at radius 2 is 2.02 bits per heavy atom. The van der Waals surface area contributed by atoms with Crippen molar-refractivity contribution >= 4 is 58.8 Å². The number of fused-ring (bicyclic) bond motifs is 1. The Bertz CT molecular complexity index is 1630. The standard InChI is InChI=1S/C23H20ClN9O6S2/c1-32-23(29-30-31-32)41-9-11-8-40-21-15(20(37)33(21)16(11)22(38)39)26-19(36)14(10-5-3-2-4-6-10)25-17(34)12-7-13(24)27-28-18(12)35/h2-7,14-15,21H,8-9H2,1H3,(H,25,34)(H,26,36)(H,28,35)(H,38,39)/t14-,15?,21-/m1/s1. The monoisotopic (exact) mass is 617 g/mol. The van der Waals surface area contributed by atoms with E-state index in [1.807, 2.05) is 0 Å². The number of β-lactam (4-membered cyclic amide) rings is 1. The molecule has 3 aromatic rings. The number of carboxylic acid groups (broad SMARTS) is 1. The van der Waals surface area contributed by atoms with E-state index < -0.39 is 46.7 Å². The summed E-state index contributed by atoms with van der Waals surface area (Å²) in [5.41, 5.74) is -0.404. The fourth-order valence-corrected chi connectivity index (χ4v) is 6.72. The number of carboxylic acids is 1. The third-order valence-electron chi connectivity index (χ3n) is 6.19. The van der Waals surface area contributed by atoms with Crippen molar-refractivity contribution in [2.75, 3.05) is 11.5 Å². The van der Waals surface area contributed by atoms with E-state index >= 15 is 0 Å². The highest BCUT2D eigenvalue weighted by Gasteiger charge is 2.54. The molecule has 1 fully saturated rings. The summed E-state index contributed by atoms with van der Waals surface area (Å²) in [4.78, 5) is 65.0. The number of rotatable bonds is 9. The largest absolute Gasteiger partial charge is 0.477 e. The van der Waals surface area contributed by atoms with Crippen LogP contribution in [0.1, 0.15) is 22.0 Å². The Labute approximate surface area is 244 Å². The first-order valence-electron chi connectivity index (χ1n) is 11.8. The first-order chi connectivity index (χ1) is 19.7. The molecule has 41 heavy (non-hydrogen) atoms. The summed E-state index contributed by atoms with van der Waals surface area (Å²) in [6, 6.07) is 6.97. The van der Waals surface area contributed by atoms with Gasteiger partial charge >= 0.3 is 5.97 Å². The lowest BCUT2D eigenvalue weighted by molar-refractivity contribution is -0.151. The molecule has 3 amide bonds. The number of halogens is 1. The lowest BCUT2D eigenvalue weighted by Crippen LogP contribution is -2.71. The van der Waals surface area contributed by atoms with Crippen LogP contribution in [-0.4, -0.2) is 87.0 Å². The van der Waals surface area contributed by atoms with Gasteiger partial charge in [0.2, 0.25) is 11.1 Å². The Morgan fingerprint density at radius 1 is 1.27 bits per heavy atom. The van der Waals surface area contributed by atoms with Crippen molar-refractivity contribution in [3.8, 4) is 0 Å². The van der Waals surface area contributed by atoms with Crippen LogP contribution in [0.3, 0.4) is 0 Å². The summed E-state index contributed by atoms with van der Waals surface area (Å²) in [6.07, 6.45) is 0. The second-order valence-corrected chi connectivity index (χ2v) is 11.2. The lowest BCUT2D eigenvalue weighted by Gasteiger charge is -2.49. The molecule has 212 valence electrons. The van der Waals surface area contributed by atoms with Crippen LogP contribution in [0.2, 0.25) is 5.15 Å². The topological polar surface area (TPSA) is 205 Å². The number of aliphatic carboxylic acids is 1. The molecule has 0 radical (unpaired) electrons. The fourth-order valence-electron chi connectivity index (χ4n) is 4.23. The van der Waals surface area contributed by atoms with Crippen molar-refractivity contribution in [1.29, 1.82) is 0 Å². The number of H-pyrrole nitrogens is 1. The van der Waals surface area contributed by atoms with Crippen LogP contribution < -0.4 is 16.2 Å². The lowest BCUT2D eigenvalue weighted by atomic mass is 10.0. The molecule has 18 heteroatoms. The number of aromatic amines is 1. The van der Waals surface area contributed by atoms with E-state index in [0.29, 0.717) is 22.0 Å². The Hall–Kier alpha value is -4.22. The number of aromatic nitrogens is 6. The number of nitrogens with zero attached hydrogens (tertiary/aromatic N) is 6. The van der Waals surface area contributed by atoms with Crippen molar-refractivity contribution in [2.45, 2.75) is 22.6 Å². The summed E-state index contributed by atoms with van der Waals surface area (Å²) >= 11 is 8.35. The van der Waals surface area contributed by atoms with E-state index in [0.717, 1.165) is 11.0 Å². The highest BCUT2D eigenvalue weighted by molar-refractivity contribution is 8.01. The van der Waals surface area contributed by atoms with Gasteiger partial charge in [0, 0.05) is 18.6 Å². The maximum Gasteiger partial charge on any atom is 0.352 e. The van der Waals surface area contributed by atoms with Gasteiger partial charge in [-0.2, -0.15) is 5.10 Å². The number of thioether (sulfide) groups is 2. The van der Waals surface area contributed by atoms with Gasteiger partial charge in [0.05, 0.1) is 0 Å². The maximum absolute atomic E-state index is 13.4. The second kappa shape index (κ2) is 11.7. The number of tetrazole rings is 1. The number of benzene rings is 1. The first kappa shape index (κ1) is 28.3. The number of amides is 3. The van der Waals surface area contributed by atoms with Crippen LogP contribution in [0.4, 0.5) is 0 Å². The number of nitrogens with one attached hydrogen (secondary N) is 3. The van der Waals surface area contributed by atoms with Crippen molar-refractivity contribution in [3.05, 3.63) is 74.3 Å². The molecule has 5 rings (SSSR count). The van der Waals surface area contributed by atoms with Crippen LogP contribution in [-0.2, 0) is 21.4 Å². The molecular formula is C23H20ClN9O6S2. The van der Waals surface area contributed by atoms with Gasteiger partial charge in [0.25, 0.3) is 17.4 Å². The summed E-state index contributed by atoms with van der Waals surface area (Å²) in [7, 11) is 1.65. The third-order valence-corrected chi connectivity index (χ3v) is 8.82. The molecule has 0 spiro atoms. The average Bonchev–Trinajstić information content (AvgIpc) is 3.38. The minimum atomic E-state index is -1.29. The fraction of sp³-hybridized carbons (Fsp3) is 0.261. The third kappa shape index (κ3) is 5.68. The van der Waals surface area contributed by atoms with Gasteiger partial charge in [-0.15, -0.1) is 16.9 Å². The van der Waals surface area contributed by atoms with E-state index in [4.69, 9.17) is 11.6 Å². The van der Waals surface area contributed by atoms with Gasteiger partial charge < -0.3 is 15.7 Å². The molecule has 1 saturated heterocycles. The summed E-state index contributed by atoms with van der Waals surface area (Å²) in [5.74, 6) is -2.94. The molecule has 15 nitrogen and oxygen atoms in total. The van der Waals surface area contributed by atoms with Crippen LogP contribution in [0.15, 0.2) is 57.6 Å². The predicted molar refractivity (Wildman–Crippen MR) is 146 cm³/mol. The van der Waals surface area contributed by atoms with Crippen molar-refractivity contribution < 1.29 is 24.3 Å². The summed E-state index contributed by atoms with van der Waals surface area (Å²) < 4.78 is 1.45. The molecule has 1 aromatic carbocycles. The molecule has 0 saturated carbocycles. The van der Waals surface area contributed by atoms with Gasteiger partial charge in [-0.1, -0.05) is 53.7 Å². The Balaban J connectivity index is 1.33. The highest BCUT2D eigenvalue weighted by Crippen LogP contribution is 2.41. The molecule has 4 N–H and O–H groups in total. The van der Waals surface area contributed by atoms with Crippen LogP contribution in [0.5, 0.6) is 0 Å². The molecule has 4 heterocycles. The predicted octanol–water partition coefficient (Wildman–Crippen LogP) is -0.0512. The Kier molecular flexibility index (Phi) is 8.09. The first-order valence-corrected chi connectivity index (χ1v) is 14.2. The van der Waals surface area contributed by atoms with E-state index in [2.05, 4.69) is 36.4 Å². The SMILES string of the molecule is Cn1nnnc1SCC1=C(C(=O)O)N2C(=O)C(NC(=O)[C@H](NC(=O)c3cc(Cl)n[nH]c3=O)c3ccccc3)[C@H]2SC1. The van der Waals surface area contributed by atoms with Gasteiger partial charge in [-0.25, -0.2) is 14.6 Å². The van der Waals surface area contributed by atoms with Crippen LogP contribution in [0.25, 0.3) is 0 Å². The van der Waals surface area contributed by atoms with Gasteiger partial charge in [-0.05, 0) is 27.6 Å². The zero-order valence-corrected chi connectivity index (χ0v) is 23.4.